The molecule has 90 valence electrons. The minimum absolute atomic E-state index is 0.361. The van der Waals surface area contributed by atoms with E-state index >= 15 is 0 Å². The van der Waals surface area contributed by atoms with Gasteiger partial charge in [-0.1, -0.05) is 34.8 Å². The monoisotopic (exact) mass is 297 g/mol. The molecule has 0 unspecified atom stereocenters. The summed E-state index contributed by atoms with van der Waals surface area (Å²) >= 11 is 17.7. The third-order valence-electron chi connectivity index (χ3n) is 2.18. The number of hydrogen-bond donors (Lipinski definition) is 0. The molecule has 2 nitrogen and oxygen atoms in total. The molecular formula is C13H6Cl3NO. The molecule has 0 aromatic heterocycles. The minimum atomic E-state index is 0.361. The standard InChI is InChI=1S/C13H6Cl3NO/c14-10-3-2-9(6-11(10)15)18-13-4-1-8(7-17)5-12(13)16/h1-6H. The Morgan fingerprint density at radius 1 is 0.889 bits per heavy atom. The topological polar surface area (TPSA) is 33.0 Å². The van der Waals surface area contributed by atoms with E-state index in [4.69, 9.17) is 44.8 Å². The Hall–Kier alpha value is -1.40. The first-order valence-corrected chi connectivity index (χ1v) is 6.06. The normalized spacial score (nSPS) is 9.89. The Kier molecular flexibility index (Phi) is 3.98. The smallest absolute Gasteiger partial charge is 0.146 e. The number of hydrogen-bond acceptors (Lipinski definition) is 2. The van der Waals surface area contributed by atoms with E-state index in [1.54, 1.807) is 30.3 Å². The van der Waals surface area contributed by atoms with E-state index < -0.39 is 0 Å². The number of halogens is 3. The zero-order chi connectivity index (χ0) is 13.1. The van der Waals surface area contributed by atoms with Crippen LogP contribution < -0.4 is 4.74 Å². The molecule has 0 amide bonds. The lowest BCUT2D eigenvalue weighted by atomic mass is 10.2. The van der Waals surface area contributed by atoms with Gasteiger partial charge in [-0.15, -0.1) is 0 Å². The van der Waals surface area contributed by atoms with Crippen molar-refractivity contribution < 1.29 is 4.74 Å². The number of nitrogens with zero attached hydrogens (tertiary/aromatic N) is 1. The van der Waals surface area contributed by atoms with E-state index in [1.807, 2.05) is 6.07 Å². The number of ether oxygens (including phenoxy) is 1. The van der Waals surface area contributed by atoms with Gasteiger partial charge in [-0.05, 0) is 30.3 Å². The van der Waals surface area contributed by atoms with Gasteiger partial charge in [-0.25, -0.2) is 0 Å². The lowest BCUT2D eigenvalue weighted by Gasteiger charge is -2.08. The maximum Gasteiger partial charge on any atom is 0.146 e. The molecule has 0 atom stereocenters. The van der Waals surface area contributed by atoms with E-state index in [9.17, 15) is 0 Å². The molecule has 0 bridgehead atoms. The second kappa shape index (κ2) is 5.49. The Balaban J connectivity index is 2.29. The molecule has 0 saturated carbocycles. The summed E-state index contributed by atoms with van der Waals surface area (Å²) in [5.41, 5.74) is 0.474. The van der Waals surface area contributed by atoms with Crippen LogP contribution in [0.2, 0.25) is 15.1 Å². The number of nitriles is 1. The molecule has 5 heteroatoms. The Morgan fingerprint density at radius 3 is 2.28 bits per heavy atom. The first kappa shape index (κ1) is 13.0. The lowest BCUT2D eigenvalue weighted by Crippen LogP contribution is -1.86. The van der Waals surface area contributed by atoms with Gasteiger partial charge in [0, 0.05) is 6.07 Å². The van der Waals surface area contributed by atoms with Crippen LogP contribution in [0.1, 0.15) is 5.56 Å². The van der Waals surface area contributed by atoms with Crippen LogP contribution in [0.15, 0.2) is 36.4 Å². The van der Waals surface area contributed by atoms with Gasteiger partial charge < -0.3 is 4.74 Å². The number of benzene rings is 2. The van der Waals surface area contributed by atoms with E-state index in [2.05, 4.69) is 0 Å². The van der Waals surface area contributed by atoms with Gasteiger partial charge >= 0.3 is 0 Å². The van der Waals surface area contributed by atoms with Crippen molar-refractivity contribution in [2.24, 2.45) is 0 Å². The van der Waals surface area contributed by atoms with Crippen LogP contribution in [0, 0.1) is 11.3 Å². The average Bonchev–Trinajstić information content (AvgIpc) is 2.36. The largest absolute Gasteiger partial charge is 0.456 e. The zero-order valence-electron chi connectivity index (χ0n) is 8.95. The first-order valence-electron chi connectivity index (χ1n) is 4.92. The molecule has 0 aliphatic heterocycles. The molecule has 0 spiro atoms. The van der Waals surface area contributed by atoms with Gasteiger partial charge in [-0.2, -0.15) is 5.26 Å². The molecular weight excluding hydrogens is 293 g/mol. The van der Waals surface area contributed by atoms with Crippen LogP contribution in [0.25, 0.3) is 0 Å². The van der Waals surface area contributed by atoms with E-state index in [-0.39, 0.29) is 0 Å². The minimum Gasteiger partial charge on any atom is -0.456 e. The summed E-state index contributed by atoms with van der Waals surface area (Å²) in [4.78, 5) is 0. The van der Waals surface area contributed by atoms with Crippen LogP contribution >= 0.6 is 34.8 Å². The highest BCUT2D eigenvalue weighted by molar-refractivity contribution is 6.42. The van der Waals surface area contributed by atoms with Crippen molar-refractivity contribution >= 4 is 34.8 Å². The molecule has 0 radical (unpaired) electrons. The fourth-order valence-corrected chi connectivity index (χ4v) is 1.83. The second-order valence-electron chi connectivity index (χ2n) is 3.43. The highest BCUT2D eigenvalue weighted by Crippen LogP contribution is 2.33. The Morgan fingerprint density at radius 2 is 1.67 bits per heavy atom. The third kappa shape index (κ3) is 2.88. The first-order chi connectivity index (χ1) is 8.60. The molecule has 0 N–H and O–H groups in total. The summed E-state index contributed by atoms with van der Waals surface area (Å²) in [6.45, 7) is 0. The summed E-state index contributed by atoms with van der Waals surface area (Å²) in [6, 6.07) is 11.7. The summed E-state index contributed by atoms with van der Waals surface area (Å²) < 4.78 is 5.56. The van der Waals surface area contributed by atoms with Crippen molar-refractivity contribution in [3.63, 3.8) is 0 Å². The molecule has 2 rings (SSSR count). The molecule has 0 aliphatic rings. The average molecular weight is 299 g/mol. The predicted octanol–water partition coefficient (Wildman–Crippen LogP) is 5.31. The quantitative estimate of drug-likeness (QED) is 0.752. The van der Waals surface area contributed by atoms with Crippen LogP contribution in [0.3, 0.4) is 0 Å². The van der Waals surface area contributed by atoms with Crippen molar-refractivity contribution in [2.75, 3.05) is 0 Å². The lowest BCUT2D eigenvalue weighted by molar-refractivity contribution is 0.483. The Bertz CT molecular complexity index is 635. The van der Waals surface area contributed by atoms with E-state index in [1.165, 1.54) is 6.07 Å². The van der Waals surface area contributed by atoms with Crippen molar-refractivity contribution in [1.29, 1.82) is 5.26 Å². The number of rotatable bonds is 2. The summed E-state index contributed by atoms with van der Waals surface area (Å²) in [6.07, 6.45) is 0. The van der Waals surface area contributed by atoms with Gasteiger partial charge in [-0.3, -0.25) is 0 Å². The van der Waals surface area contributed by atoms with Crippen LogP contribution in [-0.2, 0) is 0 Å². The highest BCUT2D eigenvalue weighted by atomic mass is 35.5. The molecule has 0 heterocycles. The van der Waals surface area contributed by atoms with E-state index in [0.717, 1.165) is 0 Å². The van der Waals surface area contributed by atoms with Crippen LogP contribution in [0.4, 0.5) is 0 Å². The van der Waals surface area contributed by atoms with Crippen LogP contribution in [0.5, 0.6) is 11.5 Å². The fourth-order valence-electron chi connectivity index (χ4n) is 1.32. The van der Waals surface area contributed by atoms with Crippen molar-refractivity contribution in [1.82, 2.24) is 0 Å². The molecule has 2 aromatic rings. The van der Waals surface area contributed by atoms with Gasteiger partial charge in [0.1, 0.15) is 11.5 Å². The summed E-state index contributed by atoms with van der Waals surface area (Å²) in [5, 5.41) is 9.94. The SMILES string of the molecule is N#Cc1ccc(Oc2ccc(Cl)c(Cl)c2)c(Cl)c1. The van der Waals surface area contributed by atoms with Crippen molar-refractivity contribution in [3.05, 3.63) is 57.0 Å². The summed E-state index contributed by atoms with van der Waals surface area (Å²) in [5.74, 6) is 0.977. The molecule has 0 saturated heterocycles. The molecule has 18 heavy (non-hydrogen) atoms. The predicted molar refractivity (Wildman–Crippen MR) is 72.7 cm³/mol. The maximum atomic E-state index is 8.73. The van der Waals surface area contributed by atoms with Crippen LogP contribution in [-0.4, -0.2) is 0 Å². The summed E-state index contributed by atoms with van der Waals surface area (Å²) in [7, 11) is 0. The molecule has 2 aromatic carbocycles. The second-order valence-corrected chi connectivity index (χ2v) is 4.66. The van der Waals surface area contributed by atoms with E-state index in [0.29, 0.717) is 32.1 Å². The van der Waals surface area contributed by atoms with Gasteiger partial charge in [0.15, 0.2) is 0 Å². The highest BCUT2D eigenvalue weighted by Gasteiger charge is 2.06. The van der Waals surface area contributed by atoms with Crippen molar-refractivity contribution in [2.45, 2.75) is 0 Å². The van der Waals surface area contributed by atoms with Crippen molar-refractivity contribution in [3.8, 4) is 17.6 Å². The zero-order valence-corrected chi connectivity index (χ0v) is 11.2. The molecule has 0 aliphatic carbocycles. The fraction of sp³-hybridized carbons (Fsp3) is 0. The van der Waals surface area contributed by atoms with Gasteiger partial charge in [0.2, 0.25) is 0 Å². The van der Waals surface area contributed by atoms with Gasteiger partial charge in [0.25, 0.3) is 0 Å². The third-order valence-corrected chi connectivity index (χ3v) is 3.21. The Labute approximate surface area is 119 Å². The van der Waals surface area contributed by atoms with Gasteiger partial charge in [0.05, 0.1) is 26.7 Å². The molecule has 0 fully saturated rings. The maximum absolute atomic E-state index is 8.73.